The van der Waals surface area contributed by atoms with Crippen molar-refractivity contribution >= 4 is 5.69 Å². The van der Waals surface area contributed by atoms with Crippen LogP contribution in [0.1, 0.15) is 17.0 Å². The average Bonchev–Trinajstić information content (AvgIpc) is 3.23. The van der Waals surface area contributed by atoms with Crippen molar-refractivity contribution in [2.24, 2.45) is 0 Å². The molecule has 154 valence electrons. The molecule has 0 saturated heterocycles. The van der Waals surface area contributed by atoms with E-state index in [1.807, 2.05) is 6.92 Å². The van der Waals surface area contributed by atoms with Crippen LogP contribution in [0, 0.1) is 18.3 Å². The molecule has 9 nitrogen and oxygen atoms in total. The fourth-order valence-corrected chi connectivity index (χ4v) is 2.84. The van der Waals surface area contributed by atoms with Crippen LogP contribution in [0.3, 0.4) is 0 Å². The summed E-state index contributed by atoms with van der Waals surface area (Å²) >= 11 is 0. The van der Waals surface area contributed by atoms with E-state index in [1.54, 1.807) is 56.2 Å². The molecule has 3 aromatic heterocycles. The van der Waals surface area contributed by atoms with Gasteiger partial charge in [0, 0.05) is 18.0 Å². The van der Waals surface area contributed by atoms with Gasteiger partial charge in [-0.1, -0.05) is 0 Å². The van der Waals surface area contributed by atoms with E-state index in [1.165, 1.54) is 6.20 Å². The molecule has 0 aliphatic rings. The molecule has 2 N–H and O–H groups in total. The van der Waals surface area contributed by atoms with Gasteiger partial charge < -0.3 is 19.8 Å². The molecule has 0 aliphatic carbocycles. The number of ether oxygens (including phenoxy) is 2. The monoisotopic (exact) mass is 413 g/mol. The van der Waals surface area contributed by atoms with Crippen molar-refractivity contribution in [2.75, 3.05) is 12.4 Å². The number of hydrogen-bond acceptors (Lipinski definition) is 8. The van der Waals surface area contributed by atoms with Crippen molar-refractivity contribution in [3.05, 3.63) is 72.2 Å². The number of H-pyrrole nitrogens is 1. The zero-order valence-corrected chi connectivity index (χ0v) is 17.0. The Morgan fingerprint density at radius 3 is 2.61 bits per heavy atom. The van der Waals surface area contributed by atoms with Crippen molar-refractivity contribution in [1.29, 1.82) is 5.26 Å². The van der Waals surface area contributed by atoms with Gasteiger partial charge in [-0.25, -0.2) is 9.97 Å². The second-order valence-electron chi connectivity index (χ2n) is 6.58. The Labute approximate surface area is 178 Å². The van der Waals surface area contributed by atoms with Gasteiger partial charge in [-0.3, -0.25) is 4.98 Å². The van der Waals surface area contributed by atoms with E-state index < -0.39 is 0 Å². The number of aromatic amines is 1. The lowest BCUT2D eigenvalue weighted by Crippen LogP contribution is -2.05. The Kier molecular flexibility index (Phi) is 5.71. The number of imidazole rings is 1. The summed E-state index contributed by atoms with van der Waals surface area (Å²) in [5.74, 6) is 2.06. The molecule has 0 spiro atoms. The van der Waals surface area contributed by atoms with Crippen LogP contribution in [0.15, 0.2) is 55.2 Å². The van der Waals surface area contributed by atoms with Crippen LogP contribution >= 0.6 is 0 Å². The first-order chi connectivity index (χ1) is 15.2. The predicted molar refractivity (Wildman–Crippen MR) is 114 cm³/mol. The maximum atomic E-state index is 9.14. The Morgan fingerprint density at radius 1 is 1.10 bits per heavy atom. The molecule has 1 aromatic carbocycles. The molecule has 31 heavy (non-hydrogen) atoms. The number of rotatable bonds is 7. The van der Waals surface area contributed by atoms with Crippen LogP contribution in [0.4, 0.5) is 5.69 Å². The van der Waals surface area contributed by atoms with Gasteiger partial charge in [-0.2, -0.15) is 10.2 Å². The first-order valence-corrected chi connectivity index (χ1v) is 9.43. The van der Waals surface area contributed by atoms with E-state index in [2.05, 4.69) is 36.3 Å². The molecule has 0 saturated carbocycles. The standard InChI is InChI=1S/C22H19N7O2/c1-14-19(28-13-27-14)11-25-20-12-26-21(16-7-15(8-23)9-24-10-16)29-22(20)31-18-5-3-17(30-2)4-6-18/h3-7,9-10,12-13,25H,11H2,1-2H3,(H,27,28). The molecule has 4 rings (SSSR count). The smallest absolute Gasteiger partial charge is 0.246 e. The summed E-state index contributed by atoms with van der Waals surface area (Å²) in [7, 11) is 1.61. The number of hydrogen-bond donors (Lipinski definition) is 2. The van der Waals surface area contributed by atoms with Crippen molar-refractivity contribution in [2.45, 2.75) is 13.5 Å². The van der Waals surface area contributed by atoms with E-state index in [0.717, 1.165) is 17.1 Å². The Bertz CT molecular complexity index is 1230. The lowest BCUT2D eigenvalue weighted by molar-refractivity contribution is 0.412. The number of anilines is 1. The van der Waals surface area contributed by atoms with Crippen molar-refractivity contribution in [3.8, 4) is 34.8 Å². The summed E-state index contributed by atoms with van der Waals surface area (Å²) < 4.78 is 11.2. The highest BCUT2D eigenvalue weighted by Gasteiger charge is 2.13. The fourth-order valence-electron chi connectivity index (χ4n) is 2.84. The summed E-state index contributed by atoms with van der Waals surface area (Å²) in [6.07, 6.45) is 6.39. The third-order valence-electron chi connectivity index (χ3n) is 4.54. The topological polar surface area (TPSA) is 122 Å². The van der Waals surface area contributed by atoms with Gasteiger partial charge in [0.15, 0.2) is 5.82 Å². The summed E-state index contributed by atoms with van der Waals surface area (Å²) in [5, 5.41) is 12.4. The van der Waals surface area contributed by atoms with E-state index >= 15 is 0 Å². The maximum absolute atomic E-state index is 9.14. The van der Waals surface area contributed by atoms with Gasteiger partial charge >= 0.3 is 0 Å². The minimum absolute atomic E-state index is 0.342. The lowest BCUT2D eigenvalue weighted by atomic mass is 10.2. The number of pyridine rings is 1. The number of methoxy groups -OCH3 is 1. The molecule has 9 heteroatoms. The largest absolute Gasteiger partial charge is 0.497 e. The molecule has 0 atom stereocenters. The number of aromatic nitrogens is 5. The van der Waals surface area contributed by atoms with Gasteiger partial charge in [0.25, 0.3) is 0 Å². The van der Waals surface area contributed by atoms with Gasteiger partial charge in [0.2, 0.25) is 5.88 Å². The molecular formula is C22H19N7O2. The Balaban J connectivity index is 1.67. The minimum Gasteiger partial charge on any atom is -0.497 e. The van der Waals surface area contributed by atoms with E-state index in [0.29, 0.717) is 40.8 Å². The van der Waals surface area contributed by atoms with Crippen LogP contribution in [0.2, 0.25) is 0 Å². The van der Waals surface area contributed by atoms with Crippen LogP contribution in [-0.2, 0) is 6.54 Å². The number of nitriles is 1. The Morgan fingerprint density at radius 2 is 1.90 bits per heavy atom. The van der Waals surface area contributed by atoms with Crippen LogP contribution in [0.25, 0.3) is 11.4 Å². The molecule has 0 fully saturated rings. The second-order valence-corrected chi connectivity index (χ2v) is 6.58. The van der Waals surface area contributed by atoms with Crippen molar-refractivity contribution < 1.29 is 9.47 Å². The molecule has 0 amide bonds. The molecule has 0 aliphatic heterocycles. The van der Waals surface area contributed by atoms with E-state index in [-0.39, 0.29) is 0 Å². The highest BCUT2D eigenvalue weighted by atomic mass is 16.5. The van der Waals surface area contributed by atoms with Gasteiger partial charge in [0.1, 0.15) is 23.3 Å². The van der Waals surface area contributed by atoms with Crippen molar-refractivity contribution in [1.82, 2.24) is 24.9 Å². The first-order valence-electron chi connectivity index (χ1n) is 9.43. The first kappa shape index (κ1) is 19.8. The SMILES string of the molecule is COc1ccc(Oc2nc(-c3cncc(C#N)c3)ncc2NCc2[nH]cnc2C)cc1. The molecule has 0 bridgehead atoms. The summed E-state index contributed by atoms with van der Waals surface area (Å²) in [6, 6.07) is 10.9. The molecular weight excluding hydrogens is 394 g/mol. The van der Waals surface area contributed by atoms with Crippen LogP contribution < -0.4 is 14.8 Å². The highest BCUT2D eigenvalue weighted by Crippen LogP contribution is 2.30. The molecule has 0 radical (unpaired) electrons. The number of aryl methyl sites for hydroxylation is 1. The Hall–Kier alpha value is -4.45. The third kappa shape index (κ3) is 4.59. The predicted octanol–water partition coefficient (Wildman–Crippen LogP) is 3.85. The third-order valence-corrected chi connectivity index (χ3v) is 4.54. The van der Waals surface area contributed by atoms with E-state index in [9.17, 15) is 0 Å². The zero-order chi connectivity index (χ0) is 21.6. The molecule has 3 heterocycles. The fraction of sp³-hybridized carbons (Fsp3) is 0.136. The normalized spacial score (nSPS) is 10.4. The highest BCUT2D eigenvalue weighted by molar-refractivity contribution is 5.61. The van der Waals surface area contributed by atoms with Gasteiger partial charge in [-0.05, 0) is 37.3 Å². The summed E-state index contributed by atoms with van der Waals surface area (Å²) in [4.78, 5) is 20.4. The van der Waals surface area contributed by atoms with Gasteiger partial charge in [0.05, 0.1) is 43.1 Å². The minimum atomic E-state index is 0.342. The average molecular weight is 413 g/mol. The number of nitrogens with one attached hydrogen (secondary N) is 2. The van der Waals surface area contributed by atoms with Gasteiger partial charge in [-0.15, -0.1) is 0 Å². The van der Waals surface area contributed by atoms with Crippen molar-refractivity contribution in [3.63, 3.8) is 0 Å². The van der Waals surface area contributed by atoms with Crippen LogP contribution in [0.5, 0.6) is 17.4 Å². The summed E-state index contributed by atoms with van der Waals surface area (Å²) in [6.45, 7) is 2.43. The second kappa shape index (κ2) is 8.92. The number of nitrogens with zero attached hydrogens (tertiary/aromatic N) is 5. The van der Waals surface area contributed by atoms with E-state index in [4.69, 9.17) is 14.7 Å². The molecule has 0 unspecified atom stereocenters. The quantitative estimate of drug-likeness (QED) is 0.468. The zero-order valence-electron chi connectivity index (χ0n) is 17.0. The lowest BCUT2D eigenvalue weighted by Gasteiger charge is -2.13. The summed E-state index contributed by atoms with van der Waals surface area (Å²) in [5.41, 5.74) is 3.51. The van der Waals surface area contributed by atoms with Crippen LogP contribution in [-0.4, -0.2) is 32.0 Å². The number of benzene rings is 1. The molecule has 4 aromatic rings. The maximum Gasteiger partial charge on any atom is 0.246 e.